The lowest BCUT2D eigenvalue weighted by Gasteiger charge is -2.32. The van der Waals surface area contributed by atoms with Gasteiger partial charge in [-0.1, -0.05) is 11.6 Å². The van der Waals surface area contributed by atoms with E-state index in [1.165, 1.54) is 0 Å². The Bertz CT molecular complexity index is 1420. The quantitative estimate of drug-likeness (QED) is 0.413. The lowest BCUT2D eigenvalue weighted by molar-refractivity contribution is 0.174. The molecule has 1 aromatic carbocycles. The summed E-state index contributed by atoms with van der Waals surface area (Å²) in [7, 11) is -1.27. The molecule has 5 heterocycles. The maximum atomic E-state index is 13.3. The predicted octanol–water partition coefficient (Wildman–Crippen LogP) is 4.54. The molecule has 1 unspecified atom stereocenters. The molecule has 1 saturated heterocycles. The number of ether oxygens (including phenoxy) is 2. The molecule has 0 aliphatic carbocycles. The Morgan fingerprint density at radius 1 is 1.06 bits per heavy atom. The number of rotatable bonds is 4. The Morgan fingerprint density at radius 2 is 1.88 bits per heavy atom. The molecule has 10 heteroatoms. The van der Waals surface area contributed by atoms with Crippen molar-refractivity contribution < 1.29 is 13.7 Å². The Kier molecular flexibility index (Phi) is 5.47. The molecule has 0 spiro atoms. The van der Waals surface area contributed by atoms with Crippen LogP contribution in [0.1, 0.15) is 24.6 Å². The smallest absolute Gasteiger partial charge is 0.231 e. The molecule has 1 atom stereocenters. The zero-order valence-corrected chi connectivity index (χ0v) is 20.1. The maximum absolute atomic E-state index is 13.3. The van der Waals surface area contributed by atoms with Gasteiger partial charge >= 0.3 is 0 Å². The molecule has 34 heavy (non-hydrogen) atoms. The Balaban J connectivity index is 1.30. The third-order valence-electron chi connectivity index (χ3n) is 6.26. The molecule has 2 aliphatic heterocycles. The van der Waals surface area contributed by atoms with Gasteiger partial charge in [-0.2, -0.15) is 0 Å². The fraction of sp³-hybridized carbons (Fsp3) is 0.292. The van der Waals surface area contributed by atoms with Crippen molar-refractivity contribution >= 4 is 33.8 Å². The van der Waals surface area contributed by atoms with Gasteiger partial charge in [0.2, 0.25) is 6.79 Å². The summed E-state index contributed by atoms with van der Waals surface area (Å²) < 4.78 is 28.3. The van der Waals surface area contributed by atoms with E-state index in [4.69, 9.17) is 31.0 Å². The highest BCUT2D eigenvalue weighted by molar-refractivity contribution is 7.82. The Labute approximate surface area is 204 Å². The number of fused-ring (bicyclic) bond motifs is 2. The minimum Gasteiger partial charge on any atom is -0.454 e. The van der Waals surface area contributed by atoms with Crippen LogP contribution in [0.25, 0.3) is 22.6 Å². The molecule has 2 aliphatic rings. The summed E-state index contributed by atoms with van der Waals surface area (Å²) >= 11 is 6.50. The molecule has 174 valence electrons. The van der Waals surface area contributed by atoms with Gasteiger partial charge in [0.1, 0.15) is 22.3 Å². The van der Waals surface area contributed by atoms with Gasteiger partial charge in [-0.05, 0) is 50.1 Å². The highest BCUT2D eigenvalue weighted by Crippen LogP contribution is 2.37. The van der Waals surface area contributed by atoms with Crippen molar-refractivity contribution in [1.29, 1.82) is 0 Å². The number of aromatic nitrogens is 4. The van der Waals surface area contributed by atoms with Crippen LogP contribution in [0.3, 0.4) is 0 Å². The molecular formula is C24H22ClN5O3S. The van der Waals surface area contributed by atoms with E-state index < -0.39 is 11.0 Å². The van der Waals surface area contributed by atoms with Crippen LogP contribution in [0.2, 0.25) is 5.02 Å². The normalized spacial score (nSPS) is 17.4. The molecule has 0 N–H and O–H groups in total. The molecule has 4 aromatic rings. The zero-order chi connectivity index (χ0) is 23.2. The van der Waals surface area contributed by atoms with Crippen molar-refractivity contribution in [2.75, 3.05) is 19.9 Å². The minimum absolute atomic E-state index is 0.156. The number of hydrogen-bond donors (Lipinski definition) is 0. The molecule has 0 radical (unpaired) electrons. The third-order valence-corrected chi connectivity index (χ3v) is 8.05. The second-order valence-corrected chi connectivity index (χ2v) is 10.3. The standard InChI is InChI=1S/C24H22ClN5O3S/c1-15-2-4-20-24(27-15)30(23(28-20)18-6-9-26-13-19(18)25)16-7-10-29(11-8-16)34(31)17-3-5-21-22(12-17)33-14-32-21/h2-6,9,12-13,16H,7-8,10-11,14H2,1H3. The van der Waals surface area contributed by atoms with Crippen molar-refractivity contribution in [1.82, 2.24) is 23.8 Å². The average Bonchev–Trinajstić information content (AvgIpc) is 3.48. The second kappa shape index (κ2) is 8.65. The fourth-order valence-electron chi connectivity index (χ4n) is 4.56. The van der Waals surface area contributed by atoms with Crippen LogP contribution in [0, 0.1) is 6.92 Å². The summed E-state index contributed by atoms with van der Waals surface area (Å²) in [6.45, 7) is 3.54. The van der Waals surface area contributed by atoms with E-state index in [0.29, 0.717) is 29.6 Å². The van der Waals surface area contributed by atoms with Crippen LogP contribution in [0.4, 0.5) is 0 Å². The van der Waals surface area contributed by atoms with Gasteiger partial charge < -0.3 is 14.0 Å². The van der Waals surface area contributed by atoms with Crippen LogP contribution in [0.15, 0.2) is 53.7 Å². The molecule has 6 rings (SSSR count). The molecular weight excluding hydrogens is 474 g/mol. The number of benzene rings is 1. The summed E-state index contributed by atoms with van der Waals surface area (Å²) in [5, 5.41) is 0.553. The number of halogens is 1. The number of pyridine rings is 2. The fourth-order valence-corrected chi connectivity index (χ4v) is 6.00. The van der Waals surface area contributed by atoms with Crippen LogP contribution < -0.4 is 9.47 Å². The zero-order valence-electron chi connectivity index (χ0n) is 18.5. The number of hydrogen-bond acceptors (Lipinski definition) is 6. The lowest BCUT2D eigenvalue weighted by Crippen LogP contribution is -2.36. The summed E-state index contributed by atoms with van der Waals surface area (Å²) in [5.41, 5.74) is 3.44. The van der Waals surface area contributed by atoms with E-state index in [1.54, 1.807) is 12.4 Å². The van der Waals surface area contributed by atoms with E-state index in [2.05, 4.69) is 9.55 Å². The van der Waals surface area contributed by atoms with E-state index in [-0.39, 0.29) is 12.8 Å². The summed E-state index contributed by atoms with van der Waals surface area (Å²) in [6, 6.07) is 11.5. The van der Waals surface area contributed by atoms with Crippen molar-refractivity contribution in [3.63, 3.8) is 0 Å². The Hall–Kier alpha value is -3.01. The highest BCUT2D eigenvalue weighted by atomic mass is 35.5. The van der Waals surface area contributed by atoms with E-state index in [9.17, 15) is 4.21 Å². The van der Waals surface area contributed by atoms with Crippen molar-refractivity contribution in [3.8, 4) is 22.9 Å². The average molecular weight is 496 g/mol. The van der Waals surface area contributed by atoms with Crippen molar-refractivity contribution in [2.24, 2.45) is 0 Å². The third kappa shape index (κ3) is 3.73. The number of imidazole rings is 1. The summed E-state index contributed by atoms with van der Waals surface area (Å²) in [4.78, 5) is 14.5. The predicted molar refractivity (Wildman–Crippen MR) is 129 cm³/mol. The molecule has 3 aromatic heterocycles. The molecule has 0 bridgehead atoms. The highest BCUT2D eigenvalue weighted by Gasteiger charge is 2.29. The van der Waals surface area contributed by atoms with Gasteiger partial charge in [0.15, 0.2) is 17.1 Å². The van der Waals surface area contributed by atoms with Crippen LogP contribution in [0.5, 0.6) is 11.5 Å². The first-order chi connectivity index (χ1) is 16.6. The van der Waals surface area contributed by atoms with Crippen LogP contribution in [-0.2, 0) is 11.0 Å². The first-order valence-electron chi connectivity index (χ1n) is 11.1. The van der Waals surface area contributed by atoms with E-state index in [1.807, 2.05) is 47.6 Å². The van der Waals surface area contributed by atoms with Gasteiger partial charge in [0.25, 0.3) is 0 Å². The number of aryl methyl sites for hydroxylation is 1. The topological polar surface area (TPSA) is 82.4 Å². The van der Waals surface area contributed by atoms with Gasteiger partial charge in [-0.25, -0.2) is 18.5 Å². The SMILES string of the molecule is Cc1ccc2nc(-c3ccncc3Cl)n(C3CCN(S(=O)c4ccc5c(c4)OCO5)CC3)c2n1. The van der Waals surface area contributed by atoms with Crippen LogP contribution in [-0.4, -0.2) is 47.9 Å². The van der Waals surface area contributed by atoms with Gasteiger partial charge in [0, 0.05) is 48.8 Å². The number of piperidine rings is 1. The molecule has 1 fully saturated rings. The summed E-state index contributed by atoms with van der Waals surface area (Å²) in [6.07, 6.45) is 4.98. The van der Waals surface area contributed by atoms with E-state index in [0.717, 1.165) is 46.0 Å². The molecule has 0 amide bonds. The van der Waals surface area contributed by atoms with Gasteiger partial charge in [-0.3, -0.25) is 4.98 Å². The van der Waals surface area contributed by atoms with Gasteiger partial charge in [0.05, 0.1) is 9.92 Å². The summed E-state index contributed by atoms with van der Waals surface area (Å²) in [5.74, 6) is 2.12. The number of nitrogens with zero attached hydrogens (tertiary/aromatic N) is 5. The van der Waals surface area contributed by atoms with Gasteiger partial charge in [-0.15, -0.1) is 0 Å². The largest absolute Gasteiger partial charge is 0.454 e. The Morgan fingerprint density at radius 3 is 2.71 bits per heavy atom. The van der Waals surface area contributed by atoms with Crippen molar-refractivity contribution in [2.45, 2.75) is 30.7 Å². The first kappa shape index (κ1) is 21.5. The van der Waals surface area contributed by atoms with Crippen molar-refractivity contribution in [3.05, 3.63) is 59.5 Å². The monoisotopic (exact) mass is 495 g/mol. The second-order valence-electron chi connectivity index (χ2n) is 8.38. The molecule has 8 nitrogen and oxygen atoms in total. The van der Waals surface area contributed by atoms with E-state index >= 15 is 0 Å². The molecule has 0 saturated carbocycles. The van der Waals surface area contributed by atoms with Crippen LogP contribution >= 0.6 is 11.6 Å². The lowest BCUT2D eigenvalue weighted by atomic mass is 10.1. The maximum Gasteiger partial charge on any atom is 0.231 e. The first-order valence-corrected chi connectivity index (χ1v) is 12.6. The minimum atomic E-state index is -1.27.